The summed E-state index contributed by atoms with van der Waals surface area (Å²) < 4.78 is 6.29. The number of para-hydroxylation sites is 1. The van der Waals surface area contributed by atoms with Crippen molar-refractivity contribution in [1.29, 1.82) is 0 Å². The molecule has 0 bridgehead atoms. The van der Waals surface area contributed by atoms with Crippen LogP contribution in [0.15, 0.2) is 39.5 Å². The molecule has 0 amide bonds. The summed E-state index contributed by atoms with van der Waals surface area (Å²) in [4.78, 5) is 24.5. The van der Waals surface area contributed by atoms with Crippen LogP contribution in [0.4, 0.5) is 0 Å². The number of rotatable bonds is 1. The Morgan fingerprint density at radius 1 is 1.29 bits per heavy atom. The zero-order valence-electron chi connectivity index (χ0n) is 11.4. The molecule has 21 heavy (non-hydrogen) atoms. The molecule has 6 heteroatoms. The van der Waals surface area contributed by atoms with Crippen molar-refractivity contribution in [2.45, 2.75) is 13.8 Å². The molecule has 0 atom stereocenters. The number of hydrogen-bond donors (Lipinski definition) is 0. The molecule has 0 radical (unpaired) electrons. The number of carbonyl (C=O) groups is 1. The molecule has 0 saturated carbocycles. The maximum atomic E-state index is 12.5. The molecule has 0 aliphatic carbocycles. The van der Waals surface area contributed by atoms with Crippen molar-refractivity contribution in [2.24, 2.45) is 0 Å². The summed E-state index contributed by atoms with van der Waals surface area (Å²) in [6.45, 7) is 3.37. The van der Waals surface area contributed by atoms with Gasteiger partial charge in [-0.15, -0.1) is 0 Å². The van der Waals surface area contributed by atoms with Crippen molar-refractivity contribution >= 4 is 28.5 Å². The van der Waals surface area contributed by atoms with Crippen LogP contribution < -0.4 is 5.63 Å². The van der Waals surface area contributed by atoms with Gasteiger partial charge in [0.05, 0.1) is 16.4 Å². The van der Waals surface area contributed by atoms with E-state index in [0.717, 1.165) is 4.68 Å². The number of aryl methyl sites for hydroxylation is 1. The predicted octanol–water partition coefficient (Wildman–Crippen LogP) is 2.95. The van der Waals surface area contributed by atoms with Gasteiger partial charge in [0, 0.05) is 5.39 Å². The maximum Gasteiger partial charge on any atom is 0.349 e. The van der Waals surface area contributed by atoms with Crippen molar-refractivity contribution in [3.63, 3.8) is 0 Å². The van der Waals surface area contributed by atoms with Crippen LogP contribution >= 0.6 is 11.6 Å². The molecule has 5 nitrogen and oxygen atoms in total. The van der Waals surface area contributed by atoms with E-state index in [4.69, 9.17) is 16.0 Å². The van der Waals surface area contributed by atoms with Gasteiger partial charge in [0.1, 0.15) is 11.1 Å². The Morgan fingerprint density at radius 3 is 2.67 bits per heavy atom. The molecule has 1 aromatic carbocycles. The van der Waals surface area contributed by atoms with Crippen LogP contribution in [0.1, 0.15) is 21.7 Å². The fourth-order valence-corrected chi connectivity index (χ4v) is 2.26. The monoisotopic (exact) mass is 302 g/mol. The Balaban J connectivity index is 2.19. The first kappa shape index (κ1) is 13.6. The number of fused-ring (bicyclic) bond motifs is 1. The van der Waals surface area contributed by atoms with Crippen molar-refractivity contribution in [3.05, 3.63) is 62.7 Å². The Kier molecular flexibility index (Phi) is 3.14. The van der Waals surface area contributed by atoms with E-state index < -0.39 is 11.5 Å². The minimum atomic E-state index is -0.692. The first-order valence-corrected chi connectivity index (χ1v) is 6.66. The average Bonchev–Trinajstić information content (AvgIpc) is 2.73. The molecular weight excluding hydrogens is 292 g/mol. The number of benzene rings is 1. The molecule has 0 aliphatic rings. The summed E-state index contributed by atoms with van der Waals surface area (Å²) in [6.07, 6.45) is 0. The highest BCUT2D eigenvalue weighted by molar-refractivity contribution is 6.32. The predicted molar refractivity (Wildman–Crippen MR) is 78.9 cm³/mol. The highest BCUT2D eigenvalue weighted by Gasteiger charge is 2.20. The van der Waals surface area contributed by atoms with Gasteiger partial charge in [-0.2, -0.15) is 9.78 Å². The lowest BCUT2D eigenvalue weighted by Gasteiger charge is -2.03. The van der Waals surface area contributed by atoms with Gasteiger partial charge in [-0.3, -0.25) is 4.79 Å². The van der Waals surface area contributed by atoms with E-state index in [1.807, 2.05) is 0 Å². The zero-order valence-corrected chi connectivity index (χ0v) is 12.1. The second kappa shape index (κ2) is 4.86. The molecule has 3 aromatic rings. The Morgan fingerprint density at radius 2 is 2.00 bits per heavy atom. The van der Waals surface area contributed by atoms with Gasteiger partial charge < -0.3 is 4.42 Å². The summed E-state index contributed by atoms with van der Waals surface area (Å²) in [5, 5.41) is 5.15. The van der Waals surface area contributed by atoms with E-state index >= 15 is 0 Å². The second-order valence-electron chi connectivity index (χ2n) is 4.69. The van der Waals surface area contributed by atoms with E-state index in [0.29, 0.717) is 27.4 Å². The number of nitrogens with zero attached hydrogens (tertiary/aromatic N) is 2. The third-order valence-corrected chi connectivity index (χ3v) is 3.81. The Bertz CT molecular complexity index is 924. The Hall–Kier alpha value is -2.40. The van der Waals surface area contributed by atoms with Crippen LogP contribution in [0.3, 0.4) is 0 Å². The van der Waals surface area contributed by atoms with Crippen molar-refractivity contribution in [2.75, 3.05) is 0 Å². The molecule has 0 unspecified atom stereocenters. The highest BCUT2D eigenvalue weighted by atomic mass is 35.5. The third-order valence-electron chi connectivity index (χ3n) is 3.27. The largest absolute Gasteiger partial charge is 0.422 e. The van der Waals surface area contributed by atoms with E-state index in [1.165, 1.54) is 6.07 Å². The van der Waals surface area contributed by atoms with Gasteiger partial charge in [-0.1, -0.05) is 29.8 Å². The van der Waals surface area contributed by atoms with Gasteiger partial charge in [-0.05, 0) is 26.0 Å². The molecule has 0 spiro atoms. The van der Waals surface area contributed by atoms with Gasteiger partial charge in [0.2, 0.25) is 0 Å². The van der Waals surface area contributed by atoms with Crippen molar-refractivity contribution in [3.8, 4) is 0 Å². The maximum absolute atomic E-state index is 12.5. The van der Waals surface area contributed by atoms with E-state index in [9.17, 15) is 9.59 Å². The minimum Gasteiger partial charge on any atom is -0.422 e. The summed E-state index contributed by atoms with van der Waals surface area (Å²) in [7, 11) is 0. The van der Waals surface area contributed by atoms with Crippen LogP contribution in [0, 0.1) is 13.8 Å². The molecule has 0 aliphatic heterocycles. The van der Waals surface area contributed by atoms with Crippen LogP contribution in [0.2, 0.25) is 5.02 Å². The average molecular weight is 303 g/mol. The molecular formula is C15H11ClN2O3. The quantitative estimate of drug-likeness (QED) is 0.648. The fourth-order valence-electron chi connectivity index (χ4n) is 2.15. The lowest BCUT2D eigenvalue weighted by atomic mass is 10.2. The first-order valence-electron chi connectivity index (χ1n) is 6.28. The topological polar surface area (TPSA) is 65.1 Å². The van der Waals surface area contributed by atoms with Gasteiger partial charge in [-0.25, -0.2) is 4.79 Å². The number of hydrogen-bond acceptors (Lipinski definition) is 4. The van der Waals surface area contributed by atoms with Gasteiger partial charge in [0.15, 0.2) is 0 Å². The summed E-state index contributed by atoms with van der Waals surface area (Å²) in [5.74, 6) is -0.554. The molecule has 0 fully saturated rings. The standard InChI is InChI=1S/C15H11ClN2O3/c1-8-13(16)9(2)18(17-8)14(19)11-7-10-5-3-4-6-12(10)21-15(11)20/h3-7H,1-2H3. The van der Waals surface area contributed by atoms with Crippen LogP contribution in [-0.2, 0) is 0 Å². The fraction of sp³-hybridized carbons (Fsp3) is 0.133. The lowest BCUT2D eigenvalue weighted by molar-refractivity contribution is 0.0939. The molecule has 106 valence electrons. The van der Waals surface area contributed by atoms with E-state index in [-0.39, 0.29) is 5.56 Å². The SMILES string of the molecule is Cc1nn(C(=O)c2cc3ccccc3oc2=O)c(C)c1Cl. The second-order valence-corrected chi connectivity index (χ2v) is 5.07. The highest BCUT2D eigenvalue weighted by Crippen LogP contribution is 2.20. The zero-order chi connectivity index (χ0) is 15.1. The van der Waals surface area contributed by atoms with Gasteiger partial charge in [0.25, 0.3) is 5.91 Å². The van der Waals surface area contributed by atoms with Crippen molar-refractivity contribution in [1.82, 2.24) is 9.78 Å². The lowest BCUT2D eigenvalue weighted by Crippen LogP contribution is -2.22. The first-order chi connectivity index (χ1) is 9.99. The minimum absolute atomic E-state index is 0.0732. The van der Waals surface area contributed by atoms with Crippen LogP contribution in [-0.4, -0.2) is 15.7 Å². The van der Waals surface area contributed by atoms with Crippen LogP contribution in [0.5, 0.6) is 0 Å². The van der Waals surface area contributed by atoms with E-state index in [1.54, 1.807) is 38.1 Å². The molecule has 2 aromatic heterocycles. The van der Waals surface area contributed by atoms with Crippen LogP contribution in [0.25, 0.3) is 11.0 Å². The number of carbonyl (C=O) groups excluding carboxylic acids is 1. The summed E-state index contributed by atoms with van der Waals surface area (Å²) in [6, 6.07) is 8.51. The molecule has 0 saturated heterocycles. The smallest absolute Gasteiger partial charge is 0.349 e. The van der Waals surface area contributed by atoms with Crippen molar-refractivity contribution < 1.29 is 9.21 Å². The summed E-state index contributed by atoms with van der Waals surface area (Å²) >= 11 is 6.03. The molecule has 0 N–H and O–H groups in total. The number of halogens is 1. The third kappa shape index (κ3) is 2.15. The molecule has 2 heterocycles. The van der Waals surface area contributed by atoms with E-state index in [2.05, 4.69) is 5.10 Å². The summed E-state index contributed by atoms with van der Waals surface area (Å²) in [5.41, 5.74) is 0.697. The number of aromatic nitrogens is 2. The normalized spacial score (nSPS) is 11.0. The molecule has 3 rings (SSSR count). The van der Waals surface area contributed by atoms with Gasteiger partial charge >= 0.3 is 5.63 Å². The Labute approximate surface area is 124 Å².